The maximum Gasteiger partial charge on any atom is 0.0672 e. The van der Waals surface area contributed by atoms with Gasteiger partial charge >= 0.3 is 0 Å². The number of nitriles is 1. The molecule has 0 heterocycles. The van der Waals surface area contributed by atoms with E-state index in [0.717, 1.165) is 6.42 Å². The average molecular weight is 206 g/mol. The summed E-state index contributed by atoms with van der Waals surface area (Å²) in [4.78, 5) is 0. The van der Waals surface area contributed by atoms with E-state index in [2.05, 4.69) is 11.4 Å². The summed E-state index contributed by atoms with van der Waals surface area (Å²) in [5.74, 6) is 0.271. The number of hydrogen-bond donors (Lipinski definition) is 1. The topological polar surface area (TPSA) is 35.8 Å². The second-order valence-electron chi connectivity index (χ2n) is 5.13. The molecule has 0 amide bonds. The van der Waals surface area contributed by atoms with Crippen molar-refractivity contribution in [1.82, 2.24) is 5.32 Å². The highest BCUT2D eigenvalue weighted by Crippen LogP contribution is 2.26. The Morgan fingerprint density at radius 3 is 2.27 bits per heavy atom. The van der Waals surface area contributed by atoms with Gasteiger partial charge in [0.15, 0.2) is 0 Å². The Hall–Kier alpha value is -0.550. The smallest absolute Gasteiger partial charge is 0.0672 e. The van der Waals surface area contributed by atoms with Crippen molar-refractivity contribution in [2.24, 2.45) is 5.92 Å². The van der Waals surface area contributed by atoms with Gasteiger partial charge in [-0.1, -0.05) is 32.1 Å². The molecule has 0 bridgehead atoms. The van der Waals surface area contributed by atoms with Crippen LogP contribution in [-0.4, -0.2) is 12.1 Å². The lowest BCUT2D eigenvalue weighted by Gasteiger charge is -2.24. The highest BCUT2D eigenvalue weighted by atomic mass is 15.0. The number of hydrogen-bond acceptors (Lipinski definition) is 2. The van der Waals surface area contributed by atoms with Crippen LogP contribution in [0, 0.1) is 17.2 Å². The third-order valence-corrected chi connectivity index (χ3v) is 3.99. The fraction of sp³-hybridized carbons (Fsp3) is 0.923. The zero-order valence-corrected chi connectivity index (χ0v) is 9.54. The lowest BCUT2D eigenvalue weighted by atomic mass is 9.95. The van der Waals surface area contributed by atoms with E-state index in [4.69, 9.17) is 0 Å². The third-order valence-electron chi connectivity index (χ3n) is 3.99. The lowest BCUT2D eigenvalue weighted by molar-refractivity contribution is 0.349. The van der Waals surface area contributed by atoms with Crippen LogP contribution in [0.15, 0.2) is 0 Å². The van der Waals surface area contributed by atoms with Gasteiger partial charge in [-0.2, -0.15) is 5.26 Å². The molecule has 0 aromatic carbocycles. The molecule has 2 atom stereocenters. The van der Waals surface area contributed by atoms with E-state index < -0.39 is 0 Å². The minimum Gasteiger partial charge on any atom is -0.310 e. The van der Waals surface area contributed by atoms with Gasteiger partial charge in [0.1, 0.15) is 0 Å². The van der Waals surface area contributed by atoms with Crippen LogP contribution in [0.2, 0.25) is 0 Å². The molecule has 84 valence electrons. The number of nitrogens with one attached hydrogen (secondary N) is 1. The van der Waals surface area contributed by atoms with Crippen LogP contribution >= 0.6 is 0 Å². The monoisotopic (exact) mass is 206 g/mol. The van der Waals surface area contributed by atoms with Crippen LogP contribution in [-0.2, 0) is 0 Å². The minimum absolute atomic E-state index is 0.271. The molecule has 2 aliphatic rings. The molecule has 0 spiro atoms. The van der Waals surface area contributed by atoms with Gasteiger partial charge in [0.25, 0.3) is 0 Å². The van der Waals surface area contributed by atoms with Crippen LogP contribution < -0.4 is 5.32 Å². The van der Waals surface area contributed by atoms with E-state index in [1.54, 1.807) is 0 Å². The molecule has 0 aliphatic heterocycles. The van der Waals surface area contributed by atoms with Crippen LogP contribution in [0.3, 0.4) is 0 Å². The highest BCUT2D eigenvalue weighted by Gasteiger charge is 2.26. The lowest BCUT2D eigenvalue weighted by Crippen LogP contribution is -2.40. The second kappa shape index (κ2) is 5.51. The first kappa shape index (κ1) is 11.0. The van der Waals surface area contributed by atoms with E-state index >= 15 is 0 Å². The van der Waals surface area contributed by atoms with Crippen molar-refractivity contribution in [3.8, 4) is 6.07 Å². The molecule has 2 aliphatic carbocycles. The first-order valence-electron chi connectivity index (χ1n) is 6.56. The average Bonchev–Trinajstić information content (AvgIpc) is 2.64. The van der Waals surface area contributed by atoms with Crippen molar-refractivity contribution in [2.45, 2.75) is 69.9 Å². The largest absolute Gasteiger partial charge is 0.310 e. The van der Waals surface area contributed by atoms with Crippen molar-refractivity contribution >= 4 is 0 Å². The fourth-order valence-electron chi connectivity index (χ4n) is 3.06. The van der Waals surface area contributed by atoms with Gasteiger partial charge in [-0.05, 0) is 25.7 Å². The summed E-state index contributed by atoms with van der Waals surface area (Å²) in [5.41, 5.74) is 0. The van der Waals surface area contributed by atoms with Crippen LogP contribution in [0.1, 0.15) is 57.8 Å². The maximum atomic E-state index is 9.17. The maximum absolute atomic E-state index is 9.17. The molecule has 0 aromatic heterocycles. The van der Waals surface area contributed by atoms with Crippen LogP contribution in [0.5, 0.6) is 0 Å². The van der Waals surface area contributed by atoms with Crippen molar-refractivity contribution in [2.75, 3.05) is 0 Å². The molecule has 0 saturated heterocycles. The molecular formula is C13H22N2. The Kier molecular flexibility index (Phi) is 4.02. The van der Waals surface area contributed by atoms with Crippen LogP contribution in [0.4, 0.5) is 0 Å². The Morgan fingerprint density at radius 1 is 0.867 bits per heavy atom. The molecule has 2 fully saturated rings. The summed E-state index contributed by atoms with van der Waals surface area (Å²) >= 11 is 0. The number of nitrogens with zero attached hydrogens (tertiary/aromatic N) is 1. The molecule has 0 aromatic rings. The first-order valence-corrected chi connectivity index (χ1v) is 6.56. The van der Waals surface area contributed by atoms with E-state index in [0.29, 0.717) is 12.1 Å². The van der Waals surface area contributed by atoms with E-state index in [1.165, 1.54) is 51.4 Å². The van der Waals surface area contributed by atoms with Crippen molar-refractivity contribution in [3.05, 3.63) is 0 Å². The summed E-state index contributed by atoms with van der Waals surface area (Å²) in [6.07, 6.45) is 11.6. The van der Waals surface area contributed by atoms with Crippen LogP contribution in [0.25, 0.3) is 0 Å². The Balaban J connectivity index is 1.88. The summed E-state index contributed by atoms with van der Waals surface area (Å²) in [6, 6.07) is 3.70. The van der Waals surface area contributed by atoms with E-state index in [9.17, 15) is 5.26 Å². The second-order valence-corrected chi connectivity index (χ2v) is 5.13. The zero-order chi connectivity index (χ0) is 10.5. The minimum atomic E-state index is 0.271. The third kappa shape index (κ3) is 2.95. The Labute approximate surface area is 93.0 Å². The number of rotatable bonds is 2. The quantitative estimate of drug-likeness (QED) is 0.705. The predicted octanol–water partition coefficient (Wildman–Crippen LogP) is 2.99. The summed E-state index contributed by atoms with van der Waals surface area (Å²) in [7, 11) is 0. The fourth-order valence-corrected chi connectivity index (χ4v) is 3.06. The molecule has 1 N–H and O–H groups in total. The van der Waals surface area contributed by atoms with Gasteiger partial charge in [0.2, 0.25) is 0 Å². The van der Waals surface area contributed by atoms with Gasteiger partial charge in [-0.15, -0.1) is 0 Å². The highest BCUT2D eigenvalue weighted by molar-refractivity contribution is 4.95. The van der Waals surface area contributed by atoms with Gasteiger partial charge in [-0.3, -0.25) is 0 Å². The van der Waals surface area contributed by atoms with Gasteiger partial charge in [0, 0.05) is 12.1 Å². The molecule has 2 heteroatoms. The van der Waals surface area contributed by atoms with Crippen molar-refractivity contribution in [3.63, 3.8) is 0 Å². The molecule has 2 unspecified atom stereocenters. The van der Waals surface area contributed by atoms with E-state index in [1.807, 2.05) is 0 Å². The van der Waals surface area contributed by atoms with Crippen molar-refractivity contribution in [1.29, 1.82) is 5.26 Å². The Morgan fingerprint density at radius 2 is 1.53 bits per heavy atom. The molecule has 0 radical (unpaired) electrons. The molecule has 2 rings (SSSR count). The summed E-state index contributed by atoms with van der Waals surface area (Å²) < 4.78 is 0. The summed E-state index contributed by atoms with van der Waals surface area (Å²) in [5, 5.41) is 12.9. The van der Waals surface area contributed by atoms with Crippen molar-refractivity contribution < 1.29 is 0 Å². The van der Waals surface area contributed by atoms with Gasteiger partial charge in [-0.25, -0.2) is 0 Å². The molecule has 2 saturated carbocycles. The Bertz CT molecular complexity index is 225. The van der Waals surface area contributed by atoms with Gasteiger partial charge < -0.3 is 5.32 Å². The molecular weight excluding hydrogens is 184 g/mol. The van der Waals surface area contributed by atoms with E-state index in [-0.39, 0.29) is 5.92 Å². The zero-order valence-electron chi connectivity index (χ0n) is 9.54. The SMILES string of the molecule is N#CC1CCCCCC1NC1CCCC1. The standard InChI is InChI=1S/C13H22N2/c14-10-11-6-2-1-3-9-13(11)15-12-7-4-5-8-12/h11-13,15H,1-9H2. The molecule has 2 nitrogen and oxygen atoms in total. The van der Waals surface area contributed by atoms with Gasteiger partial charge in [0.05, 0.1) is 12.0 Å². The normalized spacial score (nSPS) is 33.5. The summed E-state index contributed by atoms with van der Waals surface area (Å²) in [6.45, 7) is 0. The predicted molar refractivity (Wildman–Crippen MR) is 61.4 cm³/mol. The molecule has 15 heavy (non-hydrogen) atoms. The first-order chi connectivity index (χ1) is 7.40.